The first-order valence-electron chi connectivity index (χ1n) is 7.74. The van der Waals surface area contributed by atoms with E-state index in [1.807, 2.05) is 0 Å². The van der Waals surface area contributed by atoms with Crippen LogP contribution in [0.3, 0.4) is 0 Å². The van der Waals surface area contributed by atoms with E-state index in [4.69, 9.17) is 16.3 Å². The van der Waals surface area contributed by atoms with Crippen molar-refractivity contribution < 1.29 is 22.3 Å². The summed E-state index contributed by atoms with van der Waals surface area (Å²) in [5.74, 6) is -0.777. The Morgan fingerprint density at radius 2 is 2.00 bits per heavy atom. The number of hydrogen-bond acceptors (Lipinski definition) is 4. The van der Waals surface area contributed by atoms with Gasteiger partial charge in [-0.25, -0.2) is 12.8 Å². The van der Waals surface area contributed by atoms with Crippen LogP contribution in [0.2, 0.25) is 5.02 Å². The average molecular weight is 401 g/mol. The molecule has 6 nitrogen and oxygen atoms in total. The third-order valence-corrected chi connectivity index (χ3v) is 5.16. The quantitative estimate of drug-likeness (QED) is 0.747. The van der Waals surface area contributed by atoms with Gasteiger partial charge in [0, 0.05) is 5.69 Å². The molecule has 0 aliphatic heterocycles. The predicted molar refractivity (Wildman–Crippen MR) is 97.4 cm³/mol. The van der Waals surface area contributed by atoms with E-state index < -0.39 is 27.8 Å². The first kappa shape index (κ1) is 20.2. The highest BCUT2D eigenvalue weighted by atomic mass is 35.5. The van der Waals surface area contributed by atoms with E-state index in [1.54, 1.807) is 6.92 Å². The molecule has 0 aromatic heterocycles. The van der Waals surface area contributed by atoms with Crippen LogP contribution >= 0.6 is 11.6 Å². The van der Waals surface area contributed by atoms with E-state index in [-0.39, 0.29) is 15.6 Å². The molecule has 0 fully saturated rings. The van der Waals surface area contributed by atoms with Gasteiger partial charge in [-0.15, -0.1) is 0 Å². The second-order valence-corrected chi connectivity index (χ2v) is 7.49. The molecule has 1 atom stereocenters. The van der Waals surface area contributed by atoms with Crippen molar-refractivity contribution in [2.75, 3.05) is 11.9 Å². The van der Waals surface area contributed by atoms with Gasteiger partial charge in [0.2, 0.25) is 15.9 Å². The number of carbonyl (C=O) groups is 1. The first-order chi connectivity index (χ1) is 12.2. The molecule has 1 amide bonds. The molecule has 0 heterocycles. The summed E-state index contributed by atoms with van der Waals surface area (Å²) < 4.78 is 45.5. The number of hydrogen-bond donors (Lipinski definition) is 2. The third-order valence-electron chi connectivity index (χ3n) is 3.33. The molecule has 2 aromatic carbocycles. The molecule has 26 heavy (non-hydrogen) atoms. The van der Waals surface area contributed by atoms with E-state index in [0.29, 0.717) is 12.4 Å². The molecule has 2 rings (SSSR count). The SMILES string of the molecule is CCOc1ccc(S(=O)(=O)N[C@@H](C)C(=O)Nc2cccc(F)c2)cc1Cl. The Bertz CT molecular complexity index is 905. The van der Waals surface area contributed by atoms with Gasteiger partial charge in [-0.05, 0) is 50.2 Å². The van der Waals surface area contributed by atoms with Gasteiger partial charge >= 0.3 is 0 Å². The van der Waals surface area contributed by atoms with Crippen molar-refractivity contribution in [1.82, 2.24) is 4.72 Å². The highest BCUT2D eigenvalue weighted by Crippen LogP contribution is 2.27. The summed E-state index contributed by atoms with van der Waals surface area (Å²) in [6.45, 7) is 3.55. The number of sulfonamides is 1. The Balaban J connectivity index is 2.10. The van der Waals surface area contributed by atoms with E-state index in [0.717, 1.165) is 6.07 Å². The fourth-order valence-corrected chi connectivity index (χ4v) is 3.62. The predicted octanol–water partition coefficient (Wildman–Crippen LogP) is 3.18. The maximum Gasteiger partial charge on any atom is 0.242 e. The maximum absolute atomic E-state index is 13.2. The van der Waals surface area contributed by atoms with Gasteiger partial charge in [0.1, 0.15) is 11.6 Å². The highest BCUT2D eigenvalue weighted by Gasteiger charge is 2.23. The van der Waals surface area contributed by atoms with Crippen molar-refractivity contribution in [3.63, 3.8) is 0 Å². The number of carbonyl (C=O) groups excluding carboxylic acids is 1. The molecule has 0 aliphatic carbocycles. The van der Waals surface area contributed by atoms with Gasteiger partial charge in [-0.3, -0.25) is 4.79 Å². The molecule has 9 heteroatoms. The van der Waals surface area contributed by atoms with Crippen molar-refractivity contribution in [2.45, 2.75) is 24.8 Å². The molecule has 0 unspecified atom stereocenters. The molecule has 0 saturated heterocycles. The molecule has 0 spiro atoms. The second kappa shape index (κ2) is 8.48. The van der Waals surface area contributed by atoms with Gasteiger partial charge in [0.05, 0.1) is 22.6 Å². The summed E-state index contributed by atoms with van der Waals surface area (Å²) in [6, 6.07) is 8.22. The van der Waals surface area contributed by atoms with Crippen molar-refractivity contribution in [1.29, 1.82) is 0 Å². The van der Waals surface area contributed by atoms with Crippen LogP contribution in [0.4, 0.5) is 10.1 Å². The van der Waals surface area contributed by atoms with Crippen LogP contribution in [0.1, 0.15) is 13.8 Å². The maximum atomic E-state index is 13.2. The third kappa shape index (κ3) is 5.17. The van der Waals surface area contributed by atoms with Gasteiger partial charge in [-0.2, -0.15) is 4.72 Å². The minimum atomic E-state index is -3.98. The molecule has 140 valence electrons. The zero-order valence-electron chi connectivity index (χ0n) is 14.1. The molecule has 0 saturated carbocycles. The van der Waals surface area contributed by atoms with Crippen LogP contribution in [0.15, 0.2) is 47.4 Å². The number of ether oxygens (including phenoxy) is 1. The monoisotopic (exact) mass is 400 g/mol. The summed E-state index contributed by atoms with van der Waals surface area (Å²) in [6.07, 6.45) is 0. The number of benzene rings is 2. The van der Waals surface area contributed by atoms with Crippen molar-refractivity contribution in [3.05, 3.63) is 53.3 Å². The Morgan fingerprint density at radius 1 is 1.27 bits per heavy atom. The normalized spacial score (nSPS) is 12.5. The molecule has 2 N–H and O–H groups in total. The Hall–Kier alpha value is -2.16. The fraction of sp³-hybridized carbons (Fsp3) is 0.235. The number of halogens is 2. The topological polar surface area (TPSA) is 84.5 Å². The lowest BCUT2D eigenvalue weighted by molar-refractivity contribution is -0.117. The Kier molecular flexibility index (Phi) is 6.57. The molecule has 2 aromatic rings. The second-order valence-electron chi connectivity index (χ2n) is 5.37. The molecule has 0 aliphatic rings. The lowest BCUT2D eigenvalue weighted by atomic mass is 10.3. The number of nitrogens with one attached hydrogen (secondary N) is 2. The number of amides is 1. The fourth-order valence-electron chi connectivity index (χ4n) is 2.09. The van der Waals surface area contributed by atoms with Crippen molar-refractivity contribution in [2.24, 2.45) is 0 Å². The lowest BCUT2D eigenvalue weighted by Crippen LogP contribution is -2.41. The minimum Gasteiger partial charge on any atom is -0.492 e. The van der Waals surface area contributed by atoms with E-state index in [1.165, 1.54) is 43.3 Å². The first-order valence-corrected chi connectivity index (χ1v) is 9.60. The van der Waals surface area contributed by atoms with Crippen LogP contribution in [0, 0.1) is 5.82 Å². The van der Waals surface area contributed by atoms with E-state index in [2.05, 4.69) is 10.0 Å². The average Bonchev–Trinajstić information content (AvgIpc) is 2.56. The zero-order valence-corrected chi connectivity index (χ0v) is 15.7. The van der Waals surface area contributed by atoms with Crippen LogP contribution in [0.25, 0.3) is 0 Å². The van der Waals surface area contributed by atoms with Crippen LogP contribution in [-0.4, -0.2) is 27.0 Å². The van der Waals surface area contributed by atoms with Crippen LogP contribution < -0.4 is 14.8 Å². The largest absolute Gasteiger partial charge is 0.492 e. The molecular formula is C17H18ClFN2O4S. The molecular weight excluding hydrogens is 383 g/mol. The van der Waals surface area contributed by atoms with Crippen molar-refractivity contribution >= 4 is 33.2 Å². The van der Waals surface area contributed by atoms with E-state index in [9.17, 15) is 17.6 Å². The van der Waals surface area contributed by atoms with E-state index >= 15 is 0 Å². The summed E-state index contributed by atoms with van der Waals surface area (Å²) in [7, 11) is -3.98. The summed E-state index contributed by atoms with van der Waals surface area (Å²) in [5, 5.41) is 2.59. The molecule has 0 radical (unpaired) electrons. The summed E-state index contributed by atoms with van der Waals surface area (Å²) in [4.78, 5) is 12.0. The van der Waals surface area contributed by atoms with Crippen LogP contribution in [0.5, 0.6) is 5.75 Å². The molecule has 0 bridgehead atoms. The standard InChI is InChI=1S/C17H18ClFN2O4S/c1-3-25-16-8-7-14(10-15(16)18)26(23,24)21-11(2)17(22)20-13-6-4-5-12(19)9-13/h4-11,21H,3H2,1-2H3,(H,20,22)/t11-/m0/s1. The Morgan fingerprint density at radius 3 is 2.62 bits per heavy atom. The lowest BCUT2D eigenvalue weighted by Gasteiger charge is -2.15. The minimum absolute atomic E-state index is 0.101. The number of rotatable bonds is 7. The summed E-state index contributed by atoms with van der Waals surface area (Å²) in [5.41, 5.74) is 0.227. The van der Waals surface area contributed by atoms with Gasteiger partial charge in [-0.1, -0.05) is 17.7 Å². The number of anilines is 1. The highest BCUT2D eigenvalue weighted by molar-refractivity contribution is 7.89. The van der Waals surface area contributed by atoms with Gasteiger partial charge in [0.15, 0.2) is 0 Å². The summed E-state index contributed by atoms with van der Waals surface area (Å²) >= 11 is 6.00. The van der Waals surface area contributed by atoms with Crippen molar-refractivity contribution in [3.8, 4) is 5.75 Å². The van der Waals surface area contributed by atoms with Gasteiger partial charge < -0.3 is 10.1 Å². The Labute approximate surface area is 156 Å². The van der Waals surface area contributed by atoms with Crippen LogP contribution in [-0.2, 0) is 14.8 Å². The van der Waals surface area contributed by atoms with Gasteiger partial charge in [0.25, 0.3) is 0 Å². The smallest absolute Gasteiger partial charge is 0.242 e. The zero-order chi connectivity index (χ0) is 19.3.